The average Bonchev–Trinajstić information content (AvgIpc) is 2.87. The van der Waals surface area contributed by atoms with E-state index in [0.29, 0.717) is 22.7 Å². The van der Waals surface area contributed by atoms with Crippen molar-refractivity contribution < 1.29 is 33.5 Å². The van der Waals surface area contributed by atoms with E-state index < -0.39 is 23.4 Å². The molecule has 2 amide bonds. The van der Waals surface area contributed by atoms with E-state index in [4.69, 9.17) is 14.2 Å². The number of carbonyl (C=O) groups is 3. The predicted molar refractivity (Wildman–Crippen MR) is 130 cm³/mol. The summed E-state index contributed by atoms with van der Waals surface area (Å²) in [5, 5.41) is 16.1. The second-order valence-electron chi connectivity index (χ2n) is 7.48. The molecule has 0 unspecified atom stereocenters. The number of nitrogens with one attached hydrogen (secondary N) is 2. The Morgan fingerprint density at radius 3 is 2.19 bits per heavy atom. The monoisotopic (exact) mass is 493 g/mol. The third kappa shape index (κ3) is 7.29. The van der Waals surface area contributed by atoms with Crippen molar-refractivity contribution >= 4 is 34.8 Å². The van der Waals surface area contributed by atoms with Crippen molar-refractivity contribution in [3.05, 3.63) is 88.0 Å². The Bertz CT molecular complexity index is 1270. The molecule has 3 aromatic carbocycles. The number of hydrogen-bond donors (Lipinski definition) is 2. The largest absolute Gasteiger partial charge is 0.497 e. The molecule has 0 aliphatic heterocycles. The molecule has 0 aliphatic rings. The minimum absolute atomic E-state index is 0.134. The number of carbonyl (C=O) groups excluding carboxylic acids is 3. The number of esters is 1. The summed E-state index contributed by atoms with van der Waals surface area (Å²) >= 11 is 0. The maximum Gasteiger partial charge on any atom is 0.338 e. The molecule has 3 aromatic rings. The standard InChI is InChI=1S/C25H23N3O8/c1-16-6-9-19(13-22(16)28(32)33)27-24(30)15-36-25(31)17-7-10-20(11-8-17)35-14-23(29)26-18-4-3-5-21(12-18)34-2/h3-13H,14-15H2,1-2H3,(H,26,29)(H,27,30). The van der Waals surface area contributed by atoms with E-state index in [9.17, 15) is 24.5 Å². The summed E-state index contributed by atoms with van der Waals surface area (Å²) in [6.07, 6.45) is 0. The SMILES string of the molecule is COc1cccc(NC(=O)COc2ccc(C(=O)OCC(=O)Nc3ccc(C)c([N+](=O)[O-])c3)cc2)c1. The number of nitrogens with zero attached hydrogens (tertiary/aromatic N) is 1. The molecule has 11 heteroatoms. The highest BCUT2D eigenvalue weighted by Gasteiger charge is 2.14. The molecular formula is C25H23N3O8. The predicted octanol–water partition coefficient (Wildman–Crippen LogP) is 3.72. The van der Waals surface area contributed by atoms with E-state index in [1.165, 1.54) is 49.6 Å². The van der Waals surface area contributed by atoms with Crippen molar-refractivity contribution in [1.29, 1.82) is 0 Å². The summed E-state index contributed by atoms with van der Waals surface area (Å²) in [6.45, 7) is 0.751. The van der Waals surface area contributed by atoms with E-state index in [2.05, 4.69) is 10.6 Å². The molecule has 186 valence electrons. The van der Waals surface area contributed by atoms with Crippen LogP contribution in [0.2, 0.25) is 0 Å². The van der Waals surface area contributed by atoms with Crippen LogP contribution in [0.15, 0.2) is 66.7 Å². The van der Waals surface area contributed by atoms with Gasteiger partial charge in [-0.1, -0.05) is 12.1 Å². The van der Waals surface area contributed by atoms with E-state index in [1.807, 2.05) is 0 Å². The average molecular weight is 493 g/mol. The molecule has 0 fully saturated rings. The van der Waals surface area contributed by atoms with Gasteiger partial charge in [-0.05, 0) is 49.4 Å². The summed E-state index contributed by atoms with van der Waals surface area (Å²) < 4.78 is 15.5. The molecule has 0 bridgehead atoms. The fraction of sp³-hybridized carbons (Fsp3) is 0.160. The Hall–Kier alpha value is -4.93. The summed E-state index contributed by atoms with van der Waals surface area (Å²) in [5.41, 5.74) is 1.26. The van der Waals surface area contributed by atoms with Gasteiger partial charge in [0.15, 0.2) is 13.2 Å². The highest BCUT2D eigenvalue weighted by atomic mass is 16.6. The third-order valence-corrected chi connectivity index (χ3v) is 4.84. The first kappa shape index (κ1) is 25.7. The Labute approximate surface area is 206 Å². The zero-order chi connectivity index (χ0) is 26.1. The molecule has 0 heterocycles. The molecule has 0 saturated heterocycles. The molecule has 0 atom stereocenters. The van der Waals surface area contributed by atoms with Gasteiger partial charge in [-0.3, -0.25) is 19.7 Å². The lowest BCUT2D eigenvalue weighted by molar-refractivity contribution is -0.385. The number of ether oxygens (including phenoxy) is 3. The zero-order valence-electron chi connectivity index (χ0n) is 19.5. The molecule has 0 spiro atoms. The number of methoxy groups -OCH3 is 1. The van der Waals surface area contributed by atoms with Crippen molar-refractivity contribution in [1.82, 2.24) is 0 Å². The highest BCUT2D eigenvalue weighted by Crippen LogP contribution is 2.22. The number of anilines is 2. The molecular weight excluding hydrogens is 470 g/mol. The van der Waals surface area contributed by atoms with Gasteiger partial charge in [0, 0.05) is 29.1 Å². The summed E-state index contributed by atoms with van der Waals surface area (Å²) in [7, 11) is 1.53. The number of nitro benzene ring substituents is 1. The lowest BCUT2D eigenvalue weighted by Gasteiger charge is -2.09. The normalized spacial score (nSPS) is 10.2. The first-order valence-electron chi connectivity index (χ1n) is 10.6. The van der Waals surface area contributed by atoms with Crippen molar-refractivity contribution in [3.63, 3.8) is 0 Å². The van der Waals surface area contributed by atoms with Gasteiger partial charge in [0.2, 0.25) is 0 Å². The smallest absolute Gasteiger partial charge is 0.338 e. The number of benzene rings is 3. The molecule has 36 heavy (non-hydrogen) atoms. The fourth-order valence-electron chi connectivity index (χ4n) is 3.03. The number of rotatable bonds is 10. The van der Waals surface area contributed by atoms with Crippen LogP contribution < -0.4 is 20.1 Å². The Morgan fingerprint density at radius 2 is 1.53 bits per heavy atom. The van der Waals surface area contributed by atoms with Crippen LogP contribution in [0.25, 0.3) is 0 Å². The fourth-order valence-corrected chi connectivity index (χ4v) is 3.03. The van der Waals surface area contributed by atoms with E-state index in [1.54, 1.807) is 31.2 Å². The molecule has 2 N–H and O–H groups in total. The van der Waals surface area contributed by atoms with Crippen molar-refractivity contribution in [3.8, 4) is 11.5 Å². The topological polar surface area (TPSA) is 146 Å². The van der Waals surface area contributed by atoms with Crippen molar-refractivity contribution in [2.45, 2.75) is 6.92 Å². The van der Waals surface area contributed by atoms with Gasteiger partial charge in [-0.15, -0.1) is 0 Å². The number of amides is 2. The van der Waals surface area contributed by atoms with E-state index in [0.717, 1.165) is 0 Å². The van der Waals surface area contributed by atoms with Crippen LogP contribution in [0.4, 0.5) is 17.1 Å². The van der Waals surface area contributed by atoms with Gasteiger partial charge >= 0.3 is 5.97 Å². The zero-order valence-corrected chi connectivity index (χ0v) is 19.5. The van der Waals surface area contributed by atoms with Crippen LogP contribution in [-0.2, 0) is 14.3 Å². The lowest BCUT2D eigenvalue weighted by Crippen LogP contribution is -2.21. The summed E-state index contributed by atoms with van der Waals surface area (Å²) in [5.74, 6) is -0.818. The van der Waals surface area contributed by atoms with Crippen molar-refractivity contribution in [2.24, 2.45) is 0 Å². The van der Waals surface area contributed by atoms with Crippen LogP contribution in [0.5, 0.6) is 11.5 Å². The summed E-state index contributed by atoms with van der Waals surface area (Å²) in [4.78, 5) is 46.8. The van der Waals surface area contributed by atoms with E-state index >= 15 is 0 Å². The number of nitro groups is 1. The van der Waals surface area contributed by atoms with Crippen LogP contribution in [0, 0.1) is 17.0 Å². The highest BCUT2D eigenvalue weighted by molar-refractivity contribution is 5.96. The molecule has 3 rings (SSSR count). The second-order valence-corrected chi connectivity index (χ2v) is 7.48. The number of aryl methyl sites for hydroxylation is 1. The summed E-state index contributed by atoms with van der Waals surface area (Å²) in [6, 6.07) is 17.0. The minimum atomic E-state index is -0.748. The van der Waals surface area contributed by atoms with Gasteiger partial charge in [0.05, 0.1) is 17.6 Å². The first-order chi connectivity index (χ1) is 17.2. The quantitative estimate of drug-likeness (QED) is 0.247. The third-order valence-electron chi connectivity index (χ3n) is 4.84. The molecule has 0 aromatic heterocycles. The maximum atomic E-state index is 12.2. The van der Waals surface area contributed by atoms with Gasteiger partial charge < -0.3 is 24.8 Å². The first-order valence-corrected chi connectivity index (χ1v) is 10.6. The minimum Gasteiger partial charge on any atom is -0.497 e. The molecule has 0 radical (unpaired) electrons. The Kier molecular flexibility index (Phi) is 8.54. The van der Waals surface area contributed by atoms with Gasteiger partial charge in [0.1, 0.15) is 11.5 Å². The number of hydrogen-bond acceptors (Lipinski definition) is 8. The van der Waals surface area contributed by atoms with Gasteiger partial charge in [0.25, 0.3) is 17.5 Å². The lowest BCUT2D eigenvalue weighted by atomic mass is 10.2. The molecule has 0 aliphatic carbocycles. The van der Waals surface area contributed by atoms with Crippen LogP contribution in [0.3, 0.4) is 0 Å². The van der Waals surface area contributed by atoms with Crippen molar-refractivity contribution in [2.75, 3.05) is 31.0 Å². The van der Waals surface area contributed by atoms with E-state index in [-0.39, 0.29) is 29.5 Å². The Balaban J connectivity index is 1.45. The van der Waals surface area contributed by atoms with Crippen LogP contribution >= 0.6 is 0 Å². The van der Waals surface area contributed by atoms with Gasteiger partial charge in [-0.25, -0.2) is 4.79 Å². The molecule has 0 saturated carbocycles. The van der Waals surface area contributed by atoms with Crippen LogP contribution in [0.1, 0.15) is 15.9 Å². The van der Waals surface area contributed by atoms with Gasteiger partial charge in [-0.2, -0.15) is 0 Å². The van der Waals surface area contributed by atoms with Crippen LogP contribution in [-0.4, -0.2) is 43.0 Å². The Morgan fingerprint density at radius 1 is 0.861 bits per heavy atom. The molecule has 11 nitrogen and oxygen atoms in total. The maximum absolute atomic E-state index is 12.2. The second kappa shape index (κ2) is 12.0.